The van der Waals surface area contributed by atoms with Gasteiger partial charge in [0.05, 0.1) is 32.9 Å². The van der Waals surface area contributed by atoms with E-state index in [1.54, 1.807) is 0 Å². The number of hydrogen-bond donors (Lipinski definition) is 1. The first kappa shape index (κ1) is 13.7. The van der Waals surface area contributed by atoms with Crippen LogP contribution in [0.5, 0.6) is 5.75 Å². The predicted molar refractivity (Wildman–Crippen MR) is 128 cm³/mol. The number of allylic oxidation sites excluding steroid dienone is 1. The number of anilines is 2. The van der Waals surface area contributed by atoms with Crippen molar-refractivity contribution < 1.29 is 27.6 Å². The van der Waals surface area contributed by atoms with E-state index in [1.807, 2.05) is 6.07 Å². The zero-order valence-corrected chi connectivity index (χ0v) is 18.2. The van der Waals surface area contributed by atoms with Gasteiger partial charge in [-0.05, 0) is 63.7 Å². The number of aryl methyl sites for hydroxylation is 1. The van der Waals surface area contributed by atoms with E-state index in [-0.39, 0.29) is 39.0 Å². The third kappa shape index (κ3) is 5.93. The number of nitrogens with one attached hydrogen (secondary N) is 1. The summed E-state index contributed by atoms with van der Waals surface area (Å²) in [6.07, 6.45) is -1.41. The molecule has 6 nitrogen and oxygen atoms in total. The number of nitrogens with zero attached hydrogens (tertiary/aromatic N) is 3. The van der Waals surface area contributed by atoms with E-state index in [4.69, 9.17) is 18.4 Å². The van der Waals surface area contributed by atoms with Crippen LogP contribution in [0.4, 0.5) is 15.8 Å². The monoisotopic (exact) mass is 456 g/mol. The minimum atomic E-state index is -2.59. The normalized spacial score (nSPS) is 17.0. The van der Waals surface area contributed by atoms with E-state index >= 15 is 0 Å². The van der Waals surface area contributed by atoms with Gasteiger partial charge in [-0.3, -0.25) is 9.78 Å². The van der Waals surface area contributed by atoms with Gasteiger partial charge in [-0.15, -0.1) is 0 Å². The van der Waals surface area contributed by atoms with Crippen LogP contribution in [0.2, 0.25) is 0 Å². The van der Waals surface area contributed by atoms with E-state index in [0.717, 1.165) is 17.9 Å². The maximum absolute atomic E-state index is 13.9. The average molecular weight is 457 g/mol. The molecule has 0 amide bonds. The molecule has 1 heterocycles. The van der Waals surface area contributed by atoms with Crippen molar-refractivity contribution in [1.29, 1.82) is 5.26 Å². The molecule has 0 saturated carbocycles. The number of fused-ring (bicyclic) bond motifs is 1. The molecule has 0 saturated heterocycles. The number of nitriles is 1. The summed E-state index contributed by atoms with van der Waals surface area (Å²) in [5.41, 5.74) is -0.656. The van der Waals surface area contributed by atoms with E-state index in [0.29, 0.717) is 0 Å². The molecule has 0 atom stereocenters. The second-order valence-corrected chi connectivity index (χ2v) is 7.02. The first-order valence-corrected chi connectivity index (χ1v) is 9.76. The first-order chi connectivity index (χ1) is 19.8. The van der Waals surface area contributed by atoms with Crippen LogP contribution in [-0.2, 0) is 11.2 Å². The van der Waals surface area contributed by atoms with Crippen molar-refractivity contribution in [3.8, 4) is 11.8 Å². The lowest BCUT2D eigenvalue weighted by atomic mass is 10.0. The van der Waals surface area contributed by atoms with Gasteiger partial charge in [0.15, 0.2) is 5.78 Å². The Hall–Kier alpha value is -3.76. The van der Waals surface area contributed by atoms with Crippen LogP contribution in [-0.4, -0.2) is 42.8 Å². The SMILES string of the molecule is [2H]/C(CN(C)C([2H])([2H])[2H])=C(/[2H])C(=O)Cc1c(OC([2H])([2H])C)c([2H])c2nc([2H])c(C#N)c(Nc3ccc(F)c(C)c3)c2c1[2H]. The molecule has 0 radical (unpaired) electrons. The van der Waals surface area contributed by atoms with E-state index in [9.17, 15) is 14.4 Å². The number of aromatic nitrogens is 1. The van der Waals surface area contributed by atoms with Gasteiger partial charge in [0.1, 0.15) is 17.6 Å². The van der Waals surface area contributed by atoms with Crippen molar-refractivity contribution in [2.45, 2.75) is 20.3 Å². The lowest BCUT2D eigenvalue weighted by Crippen LogP contribution is -2.11. The van der Waals surface area contributed by atoms with Gasteiger partial charge in [-0.1, -0.05) is 6.05 Å². The molecule has 3 rings (SSSR count). The molecule has 1 aromatic heterocycles. The van der Waals surface area contributed by atoms with Crippen molar-refractivity contribution in [3.05, 3.63) is 71.1 Å². The highest BCUT2D eigenvalue weighted by atomic mass is 19.1. The molecule has 3 aromatic rings. The summed E-state index contributed by atoms with van der Waals surface area (Å²) in [4.78, 5) is 17.9. The van der Waals surface area contributed by atoms with Crippen molar-refractivity contribution in [3.63, 3.8) is 0 Å². The summed E-state index contributed by atoms with van der Waals surface area (Å²) >= 11 is 0. The van der Waals surface area contributed by atoms with Crippen molar-refractivity contribution in [2.75, 3.05) is 32.4 Å². The number of ketones is 1. The average Bonchev–Trinajstić information content (AvgIpc) is 2.89. The van der Waals surface area contributed by atoms with E-state index in [2.05, 4.69) is 10.3 Å². The van der Waals surface area contributed by atoms with Gasteiger partial charge >= 0.3 is 0 Å². The van der Waals surface area contributed by atoms with Crippen molar-refractivity contribution >= 4 is 28.1 Å². The number of hydrogen-bond acceptors (Lipinski definition) is 6. The maximum atomic E-state index is 13.9. The van der Waals surface area contributed by atoms with Crippen LogP contribution in [0.1, 0.15) is 37.3 Å². The van der Waals surface area contributed by atoms with Crippen LogP contribution in [0, 0.1) is 24.1 Å². The quantitative estimate of drug-likeness (QED) is 0.460. The number of rotatable bonds is 9. The van der Waals surface area contributed by atoms with Gasteiger partial charge in [0.25, 0.3) is 0 Å². The van der Waals surface area contributed by atoms with Gasteiger partial charge in [0.2, 0.25) is 0 Å². The molecule has 0 aliphatic heterocycles. The minimum absolute atomic E-state index is 0.149. The molecule has 0 aliphatic rings. The van der Waals surface area contributed by atoms with Gasteiger partial charge in [-0.2, -0.15) is 5.26 Å². The van der Waals surface area contributed by atoms with Crippen LogP contribution >= 0.6 is 0 Å². The minimum Gasteiger partial charge on any atom is -0.494 e. The Kier molecular flexibility index (Phi) is 4.45. The fourth-order valence-electron chi connectivity index (χ4n) is 2.92. The Morgan fingerprint density at radius 3 is 3.03 bits per heavy atom. The lowest BCUT2D eigenvalue weighted by Gasteiger charge is -2.15. The second kappa shape index (κ2) is 10.7. The highest BCUT2D eigenvalue weighted by Crippen LogP contribution is 2.34. The summed E-state index contributed by atoms with van der Waals surface area (Å²) in [6.45, 7) is -3.06. The molecule has 0 spiro atoms. The highest BCUT2D eigenvalue weighted by Gasteiger charge is 2.16. The van der Waals surface area contributed by atoms with Crippen molar-refractivity contribution in [1.82, 2.24) is 9.88 Å². The highest BCUT2D eigenvalue weighted by molar-refractivity contribution is 5.98. The number of likely N-dealkylation sites (N-methyl/N-ethyl adjacent to an activating group) is 1. The molecule has 0 aliphatic carbocycles. The molecule has 33 heavy (non-hydrogen) atoms. The summed E-state index contributed by atoms with van der Waals surface area (Å²) in [5, 5.41) is 12.5. The topological polar surface area (TPSA) is 78.2 Å². The lowest BCUT2D eigenvalue weighted by molar-refractivity contribution is -0.114. The summed E-state index contributed by atoms with van der Waals surface area (Å²) in [6, 6.07) is 3.10. The van der Waals surface area contributed by atoms with Crippen LogP contribution in [0.3, 0.4) is 0 Å². The predicted octanol–water partition coefficient (Wildman–Crippen LogP) is 4.93. The molecule has 0 unspecified atom stereocenters. The largest absolute Gasteiger partial charge is 0.494 e. The number of halogens is 1. The Morgan fingerprint density at radius 2 is 2.33 bits per heavy atom. The van der Waals surface area contributed by atoms with E-state index in [1.165, 1.54) is 26.1 Å². The second-order valence-electron chi connectivity index (χ2n) is 7.02. The van der Waals surface area contributed by atoms with Gasteiger partial charge in [0, 0.05) is 45.9 Å². The van der Waals surface area contributed by atoms with E-state index < -0.39 is 74.2 Å². The summed E-state index contributed by atoms with van der Waals surface area (Å²) in [5.74, 6) is -2.12. The fourth-order valence-corrected chi connectivity index (χ4v) is 2.92. The zero-order chi connectivity index (χ0) is 32.6. The molecule has 2 aromatic carbocycles. The van der Waals surface area contributed by atoms with Crippen LogP contribution in [0.15, 0.2) is 48.6 Å². The first-order valence-electron chi connectivity index (χ1n) is 14.8. The molecule has 0 bridgehead atoms. The molecule has 7 heteroatoms. The maximum Gasteiger partial charge on any atom is 0.159 e. The number of benzene rings is 2. The standard InChI is InChI=1S/C26H27FN4O2/c1-5-33-25-14-24-22(13-18(25)12-21(32)7-6-10-31(3)4)26(19(15-28)16-29-24)30-20-8-9-23(27)17(2)11-20/h6-9,11,13-14,16H,5,10,12H2,1-4H3,(H,29,30)/b7-6+/i3D3,5D2,6D,7D,13D,14D,16D. The summed E-state index contributed by atoms with van der Waals surface area (Å²) < 4.78 is 99.5. The van der Waals surface area contributed by atoms with Crippen LogP contribution < -0.4 is 10.1 Å². The Balaban J connectivity index is 2.31. The number of carbonyl (C=O) groups excluding carboxylic acids is 1. The van der Waals surface area contributed by atoms with Gasteiger partial charge < -0.3 is 15.0 Å². The Labute approximate surface area is 207 Å². The molecule has 1 N–H and O–H groups in total. The number of ether oxygens (including phenoxy) is 1. The molecular weight excluding hydrogens is 419 g/mol. The Morgan fingerprint density at radius 1 is 1.52 bits per heavy atom. The van der Waals surface area contributed by atoms with Gasteiger partial charge in [-0.25, -0.2) is 4.39 Å². The smallest absolute Gasteiger partial charge is 0.159 e. The third-order valence-electron chi connectivity index (χ3n) is 4.42. The zero-order valence-electron chi connectivity index (χ0n) is 28.2. The number of carbonyl (C=O) groups is 1. The molecular formula is C26H27FN4O2. The fraction of sp³-hybridized carbons (Fsp3) is 0.269. The number of pyridine rings is 1. The Bertz CT molecular complexity index is 1680. The van der Waals surface area contributed by atoms with Crippen molar-refractivity contribution in [2.24, 2.45) is 0 Å². The summed E-state index contributed by atoms with van der Waals surface area (Å²) in [7, 11) is 1.18. The third-order valence-corrected chi connectivity index (χ3v) is 4.42. The van der Waals surface area contributed by atoms with Crippen LogP contribution in [0.25, 0.3) is 10.9 Å². The molecule has 170 valence electrons. The molecule has 0 fully saturated rings.